The van der Waals surface area contributed by atoms with Gasteiger partial charge in [-0.05, 0) is 13.0 Å². The quantitative estimate of drug-likeness (QED) is 0.582. The van der Waals surface area contributed by atoms with Crippen LogP contribution in [0, 0.1) is 10.1 Å². The zero-order valence-corrected chi connectivity index (χ0v) is 10.2. The van der Waals surface area contributed by atoms with E-state index in [1.165, 1.54) is 17.0 Å². The van der Waals surface area contributed by atoms with E-state index in [4.69, 9.17) is 5.73 Å². The Labute approximate surface area is 104 Å². The zero-order valence-electron chi connectivity index (χ0n) is 10.2. The molecule has 0 unspecified atom stereocenters. The summed E-state index contributed by atoms with van der Waals surface area (Å²) in [5.41, 5.74) is 5.24. The van der Waals surface area contributed by atoms with Crippen molar-refractivity contribution < 1.29 is 9.72 Å². The van der Waals surface area contributed by atoms with Gasteiger partial charge in [0.2, 0.25) is 11.7 Å². The number of nitrogens with zero attached hydrogens (tertiary/aromatic N) is 3. The summed E-state index contributed by atoms with van der Waals surface area (Å²) in [6, 6.07) is 2.59. The molecule has 0 radical (unpaired) electrons. The fraction of sp³-hybridized carbons (Fsp3) is 0.400. The van der Waals surface area contributed by atoms with Crippen molar-refractivity contribution in [1.82, 2.24) is 9.88 Å². The van der Waals surface area contributed by atoms with Crippen LogP contribution in [0.4, 0.5) is 17.3 Å². The van der Waals surface area contributed by atoms with Gasteiger partial charge in [-0.25, -0.2) is 4.98 Å². The van der Waals surface area contributed by atoms with Crippen LogP contribution in [0.2, 0.25) is 0 Å². The van der Waals surface area contributed by atoms with Gasteiger partial charge in [-0.15, -0.1) is 0 Å². The number of anilines is 2. The molecule has 1 amide bonds. The summed E-state index contributed by atoms with van der Waals surface area (Å²) in [4.78, 5) is 27.0. The number of carbonyl (C=O) groups excluding carboxylic acids is 1. The Bertz CT molecular complexity index is 463. The van der Waals surface area contributed by atoms with Gasteiger partial charge in [0, 0.05) is 19.7 Å². The molecule has 0 bridgehead atoms. The van der Waals surface area contributed by atoms with Gasteiger partial charge in [-0.1, -0.05) is 0 Å². The topological polar surface area (TPSA) is 114 Å². The second-order valence-corrected chi connectivity index (χ2v) is 3.62. The monoisotopic (exact) mass is 253 g/mol. The third-order valence-electron chi connectivity index (χ3n) is 2.40. The van der Waals surface area contributed by atoms with E-state index in [1.807, 2.05) is 6.92 Å². The van der Waals surface area contributed by atoms with Gasteiger partial charge < -0.3 is 16.0 Å². The number of pyridine rings is 1. The highest BCUT2D eigenvalue weighted by molar-refractivity contribution is 5.81. The van der Waals surface area contributed by atoms with E-state index in [1.54, 1.807) is 7.05 Å². The van der Waals surface area contributed by atoms with E-state index in [2.05, 4.69) is 10.3 Å². The lowest BCUT2D eigenvalue weighted by molar-refractivity contribution is -0.384. The molecule has 0 aromatic carbocycles. The molecule has 0 aliphatic rings. The van der Waals surface area contributed by atoms with Crippen molar-refractivity contribution in [2.45, 2.75) is 6.92 Å². The number of rotatable bonds is 5. The van der Waals surface area contributed by atoms with Crippen LogP contribution in [0.1, 0.15) is 6.92 Å². The molecular formula is C10H15N5O3. The van der Waals surface area contributed by atoms with E-state index >= 15 is 0 Å². The van der Waals surface area contributed by atoms with Crippen molar-refractivity contribution in [3.8, 4) is 0 Å². The number of hydrogen-bond donors (Lipinski definition) is 2. The first kappa shape index (κ1) is 13.7. The summed E-state index contributed by atoms with van der Waals surface area (Å²) in [6.45, 7) is 2.33. The number of amides is 1. The molecular weight excluding hydrogens is 238 g/mol. The predicted molar refractivity (Wildman–Crippen MR) is 67.1 cm³/mol. The number of nitro groups is 1. The van der Waals surface area contributed by atoms with Gasteiger partial charge in [0.1, 0.15) is 5.82 Å². The molecule has 0 saturated carbocycles. The van der Waals surface area contributed by atoms with Gasteiger partial charge in [0.15, 0.2) is 0 Å². The average molecular weight is 253 g/mol. The molecule has 1 aromatic rings. The molecule has 3 N–H and O–H groups in total. The van der Waals surface area contributed by atoms with Crippen LogP contribution in [0.5, 0.6) is 0 Å². The van der Waals surface area contributed by atoms with Crippen molar-refractivity contribution in [3.63, 3.8) is 0 Å². The fourth-order valence-electron chi connectivity index (χ4n) is 1.21. The number of hydrogen-bond acceptors (Lipinski definition) is 6. The largest absolute Gasteiger partial charge is 0.384 e. The summed E-state index contributed by atoms with van der Waals surface area (Å²) in [5, 5.41) is 13.4. The summed E-state index contributed by atoms with van der Waals surface area (Å²) in [6.07, 6.45) is 0. The van der Waals surface area contributed by atoms with Crippen molar-refractivity contribution in [1.29, 1.82) is 0 Å². The molecule has 0 atom stereocenters. The number of likely N-dealkylation sites (N-methyl/N-ethyl adjacent to an activating group) is 1. The Morgan fingerprint density at radius 1 is 1.61 bits per heavy atom. The standard InChI is InChI=1S/C10H15N5O3/c1-3-14(2)9(16)6-12-10-7(15(17)18)4-5-8(11)13-10/h4-5H,3,6H2,1-2H3,(H3,11,12,13). The number of aromatic nitrogens is 1. The highest BCUT2D eigenvalue weighted by Crippen LogP contribution is 2.22. The van der Waals surface area contributed by atoms with Crippen LogP contribution < -0.4 is 11.1 Å². The first-order chi connectivity index (χ1) is 8.45. The van der Waals surface area contributed by atoms with E-state index in [0.717, 1.165) is 0 Å². The van der Waals surface area contributed by atoms with E-state index in [-0.39, 0.29) is 29.8 Å². The molecule has 1 heterocycles. The molecule has 0 saturated heterocycles. The van der Waals surface area contributed by atoms with Gasteiger partial charge in [-0.3, -0.25) is 14.9 Å². The van der Waals surface area contributed by atoms with Gasteiger partial charge in [0.25, 0.3) is 0 Å². The predicted octanol–water partition coefficient (Wildman–Crippen LogP) is 0.462. The molecule has 0 aliphatic heterocycles. The lowest BCUT2D eigenvalue weighted by atomic mass is 10.3. The Balaban J connectivity index is 2.81. The normalized spacial score (nSPS) is 9.89. The van der Waals surface area contributed by atoms with Crippen LogP contribution in [0.3, 0.4) is 0 Å². The second kappa shape index (κ2) is 5.80. The van der Waals surface area contributed by atoms with E-state index in [9.17, 15) is 14.9 Å². The van der Waals surface area contributed by atoms with Crippen LogP contribution in [-0.2, 0) is 4.79 Å². The minimum atomic E-state index is -0.581. The maximum absolute atomic E-state index is 11.5. The molecule has 18 heavy (non-hydrogen) atoms. The first-order valence-corrected chi connectivity index (χ1v) is 5.34. The van der Waals surface area contributed by atoms with E-state index in [0.29, 0.717) is 6.54 Å². The molecule has 8 nitrogen and oxygen atoms in total. The smallest absolute Gasteiger partial charge is 0.311 e. The fourth-order valence-corrected chi connectivity index (χ4v) is 1.21. The molecule has 98 valence electrons. The third-order valence-corrected chi connectivity index (χ3v) is 2.40. The summed E-state index contributed by atoms with van der Waals surface area (Å²) in [7, 11) is 1.64. The second-order valence-electron chi connectivity index (χ2n) is 3.62. The molecule has 8 heteroatoms. The minimum Gasteiger partial charge on any atom is -0.384 e. The minimum absolute atomic E-state index is 0.00199. The zero-order chi connectivity index (χ0) is 13.7. The van der Waals surface area contributed by atoms with Gasteiger partial charge in [0.05, 0.1) is 11.5 Å². The van der Waals surface area contributed by atoms with Crippen molar-refractivity contribution in [3.05, 3.63) is 22.2 Å². The van der Waals surface area contributed by atoms with Crippen LogP contribution in [0.15, 0.2) is 12.1 Å². The molecule has 0 aliphatic carbocycles. The molecule has 0 spiro atoms. The average Bonchev–Trinajstić information content (AvgIpc) is 2.34. The Morgan fingerprint density at radius 2 is 2.28 bits per heavy atom. The Kier molecular flexibility index (Phi) is 4.41. The lowest BCUT2D eigenvalue weighted by Gasteiger charge is -2.14. The van der Waals surface area contributed by atoms with Crippen molar-refractivity contribution in [2.24, 2.45) is 0 Å². The highest BCUT2D eigenvalue weighted by Gasteiger charge is 2.16. The summed E-state index contributed by atoms with van der Waals surface area (Å²) in [5.74, 6) is -0.0340. The summed E-state index contributed by atoms with van der Waals surface area (Å²) >= 11 is 0. The van der Waals surface area contributed by atoms with Crippen LogP contribution >= 0.6 is 0 Å². The number of carbonyl (C=O) groups is 1. The number of nitrogens with one attached hydrogen (secondary N) is 1. The SMILES string of the molecule is CCN(C)C(=O)CNc1nc(N)ccc1[N+](=O)[O-]. The number of nitrogens with two attached hydrogens (primary N) is 1. The van der Waals surface area contributed by atoms with Crippen LogP contribution in [0.25, 0.3) is 0 Å². The highest BCUT2D eigenvalue weighted by atomic mass is 16.6. The van der Waals surface area contributed by atoms with Crippen LogP contribution in [-0.4, -0.2) is 40.9 Å². The lowest BCUT2D eigenvalue weighted by Crippen LogP contribution is -2.32. The maximum atomic E-state index is 11.5. The Morgan fingerprint density at radius 3 is 2.83 bits per heavy atom. The van der Waals surface area contributed by atoms with Gasteiger partial charge in [-0.2, -0.15) is 0 Å². The van der Waals surface area contributed by atoms with E-state index < -0.39 is 4.92 Å². The molecule has 1 aromatic heterocycles. The third kappa shape index (κ3) is 3.30. The Hall–Kier alpha value is -2.38. The van der Waals surface area contributed by atoms with Crippen molar-refractivity contribution in [2.75, 3.05) is 31.2 Å². The molecule has 1 rings (SSSR count). The van der Waals surface area contributed by atoms with Gasteiger partial charge >= 0.3 is 5.69 Å². The number of nitrogen functional groups attached to an aromatic ring is 1. The summed E-state index contributed by atoms with van der Waals surface area (Å²) < 4.78 is 0. The maximum Gasteiger partial charge on any atom is 0.311 e. The first-order valence-electron chi connectivity index (χ1n) is 5.34. The van der Waals surface area contributed by atoms with Crippen molar-refractivity contribution >= 4 is 23.2 Å². The molecule has 0 fully saturated rings.